The number of rotatable bonds is 1. The van der Waals surface area contributed by atoms with Crippen molar-refractivity contribution in [2.24, 2.45) is 0 Å². The molecule has 4 aromatic rings. The minimum absolute atomic E-state index is 0.216. The Kier molecular flexibility index (Phi) is 4.80. The van der Waals surface area contributed by atoms with Crippen LogP contribution in [0.15, 0.2) is 42.7 Å². The van der Waals surface area contributed by atoms with Crippen LogP contribution in [0.2, 0.25) is 0 Å². The van der Waals surface area contributed by atoms with Gasteiger partial charge in [0.1, 0.15) is 17.7 Å². The first kappa shape index (κ1) is 20.0. The molecule has 4 heterocycles. The van der Waals surface area contributed by atoms with Crippen LogP contribution in [-0.2, 0) is 13.0 Å². The normalized spacial score (nSPS) is 14.9. The average molecular weight is 434 g/mol. The SMILES string of the molecule is CCn1nnc2c1-c1cnc(N)c(c1)OC(C)c1cc(F)ccc1-c1ncc(F)cc1C2. The van der Waals surface area contributed by atoms with Crippen LogP contribution in [0.1, 0.15) is 36.8 Å². The molecule has 3 aromatic heterocycles. The van der Waals surface area contributed by atoms with Gasteiger partial charge in [0, 0.05) is 35.9 Å². The molecule has 5 rings (SSSR count). The molecule has 162 valence electrons. The van der Waals surface area contributed by atoms with E-state index >= 15 is 0 Å². The first-order chi connectivity index (χ1) is 15.4. The second kappa shape index (κ2) is 7.67. The van der Waals surface area contributed by atoms with Crippen molar-refractivity contribution >= 4 is 5.82 Å². The number of nitrogens with zero attached hydrogens (tertiary/aromatic N) is 5. The predicted molar refractivity (Wildman–Crippen MR) is 115 cm³/mol. The third-order valence-electron chi connectivity index (χ3n) is 5.56. The van der Waals surface area contributed by atoms with E-state index in [9.17, 15) is 8.78 Å². The Morgan fingerprint density at radius 3 is 2.78 bits per heavy atom. The Labute approximate surface area is 182 Å². The molecular formula is C23H20F2N6O. The van der Waals surface area contributed by atoms with E-state index in [4.69, 9.17) is 10.5 Å². The van der Waals surface area contributed by atoms with Crippen LogP contribution < -0.4 is 10.5 Å². The van der Waals surface area contributed by atoms with Crippen molar-refractivity contribution in [3.63, 3.8) is 0 Å². The van der Waals surface area contributed by atoms with Gasteiger partial charge in [-0.2, -0.15) is 0 Å². The van der Waals surface area contributed by atoms with Crippen molar-refractivity contribution in [2.45, 2.75) is 32.9 Å². The molecule has 0 saturated carbocycles. The topological polar surface area (TPSA) is 91.7 Å². The van der Waals surface area contributed by atoms with Crippen molar-refractivity contribution in [3.8, 4) is 28.3 Å². The van der Waals surface area contributed by atoms with Crippen LogP contribution in [0.25, 0.3) is 22.5 Å². The maximum absolute atomic E-state index is 14.2. The summed E-state index contributed by atoms with van der Waals surface area (Å²) in [5, 5.41) is 8.60. The molecule has 7 nitrogen and oxygen atoms in total. The minimum atomic E-state index is -0.576. The minimum Gasteiger partial charge on any atom is -0.482 e. The first-order valence-electron chi connectivity index (χ1n) is 10.2. The maximum Gasteiger partial charge on any atom is 0.166 e. The van der Waals surface area contributed by atoms with Crippen LogP contribution in [0.5, 0.6) is 5.75 Å². The smallest absolute Gasteiger partial charge is 0.166 e. The average Bonchev–Trinajstić information content (AvgIpc) is 3.17. The number of hydrogen-bond acceptors (Lipinski definition) is 6. The summed E-state index contributed by atoms with van der Waals surface area (Å²) >= 11 is 0. The summed E-state index contributed by atoms with van der Waals surface area (Å²) < 4.78 is 36.3. The summed E-state index contributed by atoms with van der Waals surface area (Å²) in [6.07, 6.45) is 2.48. The first-order valence-corrected chi connectivity index (χ1v) is 10.2. The number of anilines is 1. The Hall–Kier alpha value is -3.88. The van der Waals surface area contributed by atoms with Crippen molar-refractivity contribution in [1.82, 2.24) is 25.0 Å². The van der Waals surface area contributed by atoms with Gasteiger partial charge in [0.25, 0.3) is 0 Å². The number of fused-ring (bicyclic) bond motifs is 7. The molecule has 2 N–H and O–H groups in total. The second-order valence-corrected chi connectivity index (χ2v) is 7.64. The Balaban J connectivity index is 1.83. The fourth-order valence-electron chi connectivity index (χ4n) is 4.06. The maximum atomic E-state index is 14.2. The standard InChI is InChI=1S/C23H20F2N6O/c1-3-31-22-14-8-20(23(26)28-10-14)32-12(2)18-9-15(24)4-5-17(18)21-13(6-16(25)11-27-21)7-19(22)29-30-31/h4-6,8-12H,3,7H2,1-2H3,(H2,26,28). The summed E-state index contributed by atoms with van der Waals surface area (Å²) in [5.41, 5.74) is 10.5. The summed E-state index contributed by atoms with van der Waals surface area (Å²) in [4.78, 5) is 8.64. The Morgan fingerprint density at radius 2 is 1.97 bits per heavy atom. The van der Waals surface area contributed by atoms with Crippen LogP contribution in [0.4, 0.5) is 14.6 Å². The van der Waals surface area contributed by atoms with Gasteiger partial charge in [-0.05, 0) is 49.7 Å². The third kappa shape index (κ3) is 3.35. The van der Waals surface area contributed by atoms with Crippen LogP contribution in [-0.4, -0.2) is 25.0 Å². The monoisotopic (exact) mass is 434 g/mol. The summed E-state index contributed by atoms with van der Waals surface area (Å²) in [5.74, 6) is -0.297. The largest absolute Gasteiger partial charge is 0.482 e. The zero-order valence-electron chi connectivity index (χ0n) is 17.5. The lowest BCUT2D eigenvalue weighted by atomic mass is 9.94. The zero-order chi connectivity index (χ0) is 22.4. The van der Waals surface area contributed by atoms with Gasteiger partial charge in [0.15, 0.2) is 11.6 Å². The van der Waals surface area contributed by atoms with Gasteiger partial charge in [-0.25, -0.2) is 18.4 Å². The number of ether oxygens (including phenoxy) is 1. The van der Waals surface area contributed by atoms with Gasteiger partial charge in [0.05, 0.1) is 23.3 Å². The molecule has 1 aromatic carbocycles. The predicted octanol–water partition coefficient (Wildman–Crippen LogP) is 4.33. The lowest BCUT2D eigenvalue weighted by molar-refractivity contribution is 0.227. The van der Waals surface area contributed by atoms with Crippen LogP contribution in [0, 0.1) is 11.6 Å². The van der Waals surface area contributed by atoms with E-state index in [1.165, 1.54) is 18.2 Å². The zero-order valence-corrected chi connectivity index (χ0v) is 17.5. The van der Waals surface area contributed by atoms with E-state index in [0.29, 0.717) is 45.9 Å². The van der Waals surface area contributed by atoms with Crippen molar-refractivity contribution < 1.29 is 13.5 Å². The molecule has 0 amide bonds. The molecule has 2 bridgehead atoms. The molecule has 0 radical (unpaired) electrons. The van der Waals surface area contributed by atoms with E-state index in [-0.39, 0.29) is 12.2 Å². The summed E-state index contributed by atoms with van der Waals surface area (Å²) in [7, 11) is 0. The molecule has 1 atom stereocenters. The van der Waals surface area contributed by atoms with E-state index in [1.54, 1.807) is 29.9 Å². The molecule has 0 spiro atoms. The molecular weight excluding hydrogens is 414 g/mol. The molecule has 1 aliphatic rings. The molecule has 0 saturated heterocycles. The number of benzene rings is 1. The van der Waals surface area contributed by atoms with Crippen molar-refractivity contribution in [2.75, 3.05) is 5.73 Å². The summed E-state index contributed by atoms with van der Waals surface area (Å²) in [6, 6.07) is 7.57. The number of halogens is 2. The molecule has 0 aliphatic carbocycles. The fourth-order valence-corrected chi connectivity index (χ4v) is 4.06. The Morgan fingerprint density at radius 1 is 1.12 bits per heavy atom. The number of pyridine rings is 2. The molecule has 1 unspecified atom stereocenters. The highest BCUT2D eigenvalue weighted by Crippen LogP contribution is 2.37. The quantitative estimate of drug-likeness (QED) is 0.480. The van der Waals surface area contributed by atoms with Crippen molar-refractivity contribution in [1.29, 1.82) is 0 Å². The lowest BCUT2D eigenvalue weighted by Gasteiger charge is -2.21. The molecule has 0 fully saturated rings. The number of nitrogens with two attached hydrogens (primary N) is 1. The van der Waals surface area contributed by atoms with E-state index < -0.39 is 17.7 Å². The fraction of sp³-hybridized carbons (Fsp3) is 0.217. The van der Waals surface area contributed by atoms with Gasteiger partial charge in [0.2, 0.25) is 0 Å². The molecule has 1 aliphatic heterocycles. The number of aryl methyl sites for hydroxylation is 1. The van der Waals surface area contributed by atoms with Crippen LogP contribution >= 0.6 is 0 Å². The van der Waals surface area contributed by atoms with Gasteiger partial charge in [-0.1, -0.05) is 5.21 Å². The summed E-state index contributed by atoms with van der Waals surface area (Å²) in [6.45, 7) is 4.33. The number of aromatic nitrogens is 5. The van der Waals surface area contributed by atoms with E-state index in [0.717, 1.165) is 11.9 Å². The van der Waals surface area contributed by atoms with Gasteiger partial charge in [-0.3, -0.25) is 4.98 Å². The van der Waals surface area contributed by atoms with Crippen molar-refractivity contribution in [3.05, 3.63) is 71.2 Å². The van der Waals surface area contributed by atoms with Gasteiger partial charge >= 0.3 is 0 Å². The molecule has 9 heteroatoms. The number of hydrogen-bond donors (Lipinski definition) is 1. The highest BCUT2D eigenvalue weighted by molar-refractivity contribution is 5.71. The lowest BCUT2D eigenvalue weighted by Crippen LogP contribution is -2.10. The number of nitrogen functional groups attached to an aromatic ring is 1. The van der Waals surface area contributed by atoms with Gasteiger partial charge in [-0.15, -0.1) is 5.10 Å². The van der Waals surface area contributed by atoms with E-state index in [1.807, 2.05) is 6.92 Å². The highest BCUT2D eigenvalue weighted by Gasteiger charge is 2.24. The third-order valence-corrected chi connectivity index (χ3v) is 5.56. The van der Waals surface area contributed by atoms with Gasteiger partial charge < -0.3 is 10.5 Å². The highest BCUT2D eigenvalue weighted by atomic mass is 19.1. The van der Waals surface area contributed by atoms with Crippen LogP contribution in [0.3, 0.4) is 0 Å². The van der Waals surface area contributed by atoms with E-state index in [2.05, 4.69) is 20.3 Å². The Bertz CT molecular complexity index is 1340. The molecule has 32 heavy (non-hydrogen) atoms. The second-order valence-electron chi connectivity index (χ2n) is 7.64.